The van der Waals surface area contributed by atoms with Crippen molar-refractivity contribution in [2.45, 2.75) is 116 Å². The number of hydrogen-bond acceptors (Lipinski definition) is 0. The highest BCUT2D eigenvalue weighted by molar-refractivity contribution is 5.71. The molecule has 34 heavy (non-hydrogen) atoms. The maximum atomic E-state index is 2.52. The van der Waals surface area contributed by atoms with Gasteiger partial charge in [-0.25, -0.2) is 0 Å². The number of unbranched alkanes of at least 4 members (excludes halogenated alkanes) is 4. The molecule has 0 saturated heterocycles. The van der Waals surface area contributed by atoms with Gasteiger partial charge >= 0.3 is 0 Å². The highest BCUT2D eigenvalue weighted by Gasteiger charge is 2.22. The highest BCUT2D eigenvalue weighted by atomic mass is 14.3. The lowest BCUT2D eigenvalue weighted by Crippen LogP contribution is -2.13. The fourth-order valence-corrected chi connectivity index (χ4v) is 6.37. The van der Waals surface area contributed by atoms with E-state index in [-0.39, 0.29) is 0 Å². The summed E-state index contributed by atoms with van der Waals surface area (Å²) in [5.74, 6) is 2.69. The monoisotopic (exact) mass is 456 g/mol. The molecule has 0 bridgehead atoms. The van der Waals surface area contributed by atoms with Crippen LogP contribution in [0.5, 0.6) is 0 Å². The molecule has 0 N–H and O–H groups in total. The van der Waals surface area contributed by atoms with Gasteiger partial charge in [0.1, 0.15) is 0 Å². The van der Waals surface area contributed by atoms with E-state index in [0.29, 0.717) is 0 Å². The molecule has 184 valence electrons. The van der Waals surface area contributed by atoms with Crippen molar-refractivity contribution in [2.24, 2.45) is 11.8 Å². The second-order valence-electron chi connectivity index (χ2n) is 11.3. The number of hydrogen-bond donors (Lipinski definition) is 0. The summed E-state index contributed by atoms with van der Waals surface area (Å²) in [6, 6.07) is 18.9. The van der Waals surface area contributed by atoms with E-state index in [1.54, 1.807) is 11.1 Å². The summed E-state index contributed by atoms with van der Waals surface area (Å²) in [6.07, 6.45) is 23.3. The fraction of sp³-hybridized carbons (Fsp3) is 0.588. The summed E-state index contributed by atoms with van der Waals surface area (Å²) < 4.78 is 0. The maximum Gasteiger partial charge on any atom is -0.0162 e. The molecule has 1 atom stereocenters. The SMILES string of the molecule is CCCCCCC1CCC(c2ccc(-c3ccc(C4=CCC(CCCC)CC4)cc3)cc2)CC1. The van der Waals surface area contributed by atoms with Gasteiger partial charge in [0, 0.05) is 0 Å². The Morgan fingerprint density at radius 2 is 1.21 bits per heavy atom. The van der Waals surface area contributed by atoms with Crippen molar-refractivity contribution in [3.63, 3.8) is 0 Å². The van der Waals surface area contributed by atoms with Crippen LogP contribution in [-0.2, 0) is 0 Å². The van der Waals surface area contributed by atoms with Crippen LogP contribution in [0.15, 0.2) is 54.6 Å². The maximum absolute atomic E-state index is 2.52. The Bertz CT molecular complexity index is 861. The van der Waals surface area contributed by atoms with E-state index in [0.717, 1.165) is 17.8 Å². The Morgan fingerprint density at radius 3 is 1.82 bits per heavy atom. The Morgan fingerprint density at radius 1 is 0.588 bits per heavy atom. The standard InChI is InChI=1S/C34H48/c1-3-5-7-8-10-28-13-17-30(18-14-28)32-21-25-34(26-22-32)33-23-19-31(20-24-33)29-15-11-27(12-16-29)9-6-4-2/h15,19-28,30H,3-14,16-18H2,1-2H3. The predicted molar refractivity (Wildman–Crippen MR) is 150 cm³/mol. The van der Waals surface area contributed by atoms with Crippen LogP contribution in [0, 0.1) is 11.8 Å². The molecular weight excluding hydrogens is 408 g/mol. The van der Waals surface area contributed by atoms with Gasteiger partial charge < -0.3 is 0 Å². The third-order valence-corrected chi connectivity index (χ3v) is 8.77. The van der Waals surface area contributed by atoms with Gasteiger partial charge in [-0.15, -0.1) is 0 Å². The van der Waals surface area contributed by atoms with Crippen molar-refractivity contribution in [3.8, 4) is 11.1 Å². The Kier molecular flexibility index (Phi) is 9.90. The summed E-state index contributed by atoms with van der Waals surface area (Å²) in [5, 5.41) is 0. The van der Waals surface area contributed by atoms with Crippen molar-refractivity contribution in [2.75, 3.05) is 0 Å². The van der Waals surface area contributed by atoms with Gasteiger partial charge in [0.15, 0.2) is 0 Å². The summed E-state index contributed by atoms with van der Waals surface area (Å²) >= 11 is 0. The summed E-state index contributed by atoms with van der Waals surface area (Å²) in [5.41, 5.74) is 7.27. The number of benzene rings is 2. The van der Waals surface area contributed by atoms with Gasteiger partial charge in [0.05, 0.1) is 0 Å². The van der Waals surface area contributed by atoms with Gasteiger partial charge in [-0.3, -0.25) is 0 Å². The molecule has 2 aliphatic rings. The molecule has 1 unspecified atom stereocenters. The lowest BCUT2D eigenvalue weighted by atomic mass is 9.77. The van der Waals surface area contributed by atoms with Crippen molar-refractivity contribution in [1.29, 1.82) is 0 Å². The van der Waals surface area contributed by atoms with Crippen LogP contribution < -0.4 is 0 Å². The highest BCUT2D eigenvalue weighted by Crippen LogP contribution is 2.38. The summed E-state index contributed by atoms with van der Waals surface area (Å²) in [7, 11) is 0. The first-order valence-corrected chi connectivity index (χ1v) is 14.7. The molecule has 2 aromatic rings. The third kappa shape index (κ3) is 7.10. The second kappa shape index (κ2) is 13.3. The summed E-state index contributed by atoms with van der Waals surface area (Å²) in [4.78, 5) is 0. The zero-order valence-electron chi connectivity index (χ0n) is 22.0. The molecule has 1 fully saturated rings. The lowest BCUT2D eigenvalue weighted by molar-refractivity contribution is 0.302. The molecule has 0 aliphatic heterocycles. The fourth-order valence-electron chi connectivity index (χ4n) is 6.37. The molecule has 0 nitrogen and oxygen atoms in total. The molecule has 2 aliphatic carbocycles. The topological polar surface area (TPSA) is 0 Å². The molecule has 0 spiro atoms. The summed E-state index contributed by atoms with van der Waals surface area (Å²) in [6.45, 7) is 4.62. The van der Waals surface area contributed by atoms with E-state index in [4.69, 9.17) is 0 Å². The minimum absolute atomic E-state index is 0.780. The van der Waals surface area contributed by atoms with Crippen LogP contribution in [0.4, 0.5) is 0 Å². The van der Waals surface area contributed by atoms with Crippen molar-refractivity contribution in [3.05, 3.63) is 65.7 Å². The van der Waals surface area contributed by atoms with E-state index in [9.17, 15) is 0 Å². The predicted octanol–water partition coefficient (Wildman–Crippen LogP) is 11.0. The van der Waals surface area contributed by atoms with Crippen LogP contribution in [0.3, 0.4) is 0 Å². The van der Waals surface area contributed by atoms with Crippen LogP contribution in [0.25, 0.3) is 16.7 Å². The van der Waals surface area contributed by atoms with Crippen molar-refractivity contribution >= 4 is 5.57 Å². The molecule has 0 aromatic heterocycles. The molecule has 0 amide bonds. The zero-order chi connectivity index (χ0) is 23.6. The number of rotatable bonds is 11. The van der Waals surface area contributed by atoms with Crippen LogP contribution in [0.1, 0.15) is 127 Å². The first-order chi connectivity index (χ1) is 16.8. The van der Waals surface area contributed by atoms with E-state index >= 15 is 0 Å². The second-order valence-corrected chi connectivity index (χ2v) is 11.3. The van der Waals surface area contributed by atoms with Crippen LogP contribution in [-0.4, -0.2) is 0 Å². The quantitative estimate of drug-likeness (QED) is 0.295. The van der Waals surface area contributed by atoms with Gasteiger partial charge in [-0.05, 0) is 90.5 Å². The molecule has 4 rings (SSSR count). The van der Waals surface area contributed by atoms with Gasteiger partial charge in [0.2, 0.25) is 0 Å². The average molecular weight is 457 g/mol. The first kappa shape index (κ1) is 25.3. The molecule has 1 saturated carbocycles. The Balaban J connectivity index is 1.28. The largest absolute Gasteiger partial charge is 0.0804 e. The van der Waals surface area contributed by atoms with E-state index in [1.165, 1.54) is 113 Å². The van der Waals surface area contributed by atoms with Gasteiger partial charge in [0.25, 0.3) is 0 Å². The Labute approximate surface area is 210 Å². The van der Waals surface area contributed by atoms with E-state index in [2.05, 4.69) is 68.5 Å². The van der Waals surface area contributed by atoms with Crippen LogP contribution >= 0.6 is 0 Å². The minimum atomic E-state index is 0.780. The Hall–Kier alpha value is -1.82. The normalized spacial score (nSPS) is 23.0. The van der Waals surface area contributed by atoms with Crippen molar-refractivity contribution < 1.29 is 0 Å². The third-order valence-electron chi connectivity index (χ3n) is 8.77. The van der Waals surface area contributed by atoms with Gasteiger partial charge in [-0.1, -0.05) is 120 Å². The van der Waals surface area contributed by atoms with Gasteiger partial charge in [-0.2, -0.15) is 0 Å². The zero-order valence-corrected chi connectivity index (χ0v) is 22.0. The molecule has 0 heterocycles. The molecule has 0 radical (unpaired) electrons. The van der Waals surface area contributed by atoms with E-state index < -0.39 is 0 Å². The van der Waals surface area contributed by atoms with E-state index in [1.807, 2.05) is 0 Å². The lowest BCUT2D eigenvalue weighted by Gasteiger charge is -2.29. The van der Waals surface area contributed by atoms with Crippen LogP contribution in [0.2, 0.25) is 0 Å². The first-order valence-electron chi connectivity index (χ1n) is 14.7. The number of allylic oxidation sites excluding steroid dienone is 2. The molecule has 2 aromatic carbocycles. The smallest absolute Gasteiger partial charge is 0.0162 e. The molecule has 0 heteroatoms. The minimum Gasteiger partial charge on any atom is -0.0804 e. The molecular formula is C34H48. The average Bonchev–Trinajstić information content (AvgIpc) is 2.91. The van der Waals surface area contributed by atoms with Crippen molar-refractivity contribution in [1.82, 2.24) is 0 Å².